The van der Waals surface area contributed by atoms with Crippen molar-refractivity contribution in [2.75, 3.05) is 13.1 Å². The summed E-state index contributed by atoms with van der Waals surface area (Å²) in [4.78, 5) is 13.4. The first-order valence-electron chi connectivity index (χ1n) is 4.93. The van der Waals surface area contributed by atoms with Crippen molar-refractivity contribution in [1.82, 2.24) is 4.90 Å². The maximum atomic E-state index is 11.7. The van der Waals surface area contributed by atoms with Gasteiger partial charge in [0.15, 0.2) is 0 Å². The molecule has 0 saturated carbocycles. The third kappa shape index (κ3) is 3.86. The van der Waals surface area contributed by atoms with E-state index in [9.17, 15) is 4.79 Å². The van der Waals surface area contributed by atoms with Crippen molar-refractivity contribution < 1.29 is 9.53 Å². The Morgan fingerprint density at radius 3 is 2.56 bits per heavy atom. The van der Waals surface area contributed by atoms with Crippen LogP contribution in [0.3, 0.4) is 0 Å². The molecule has 4 nitrogen and oxygen atoms in total. The Morgan fingerprint density at radius 2 is 2.06 bits per heavy atom. The quantitative estimate of drug-likeness (QED) is 0.813. The number of nitrogens with two attached hydrogens (primary N) is 1. The van der Waals surface area contributed by atoms with Crippen molar-refractivity contribution in [2.45, 2.75) is 6.92 Å². The molecule has 0 aliphatic rings. The summed E-state index contributed by atoms with van der Waals surface area (Å²) in [6.07, 6.45) is -0.443. The van der Waals surface area contributed by atoms with Crippen molar-refractivity contribution in [3.63, 3.8) is 0 Å². The molecule has 0 aliphatic heterocycles. The van der Waals surface area contributed by atoms with Gasteiger partial charge in [0.05, 0.1) is 11.5 Å². The summed E-state index contributed by atoms with van der Waals surface area (Å²) in [6.45, 7) is 2.57. The van der Waals surface area contributed by atoms with Crippen LogP contribution in [0.25, 0.3) is 0 Å². The van der Waals surface area contributed by atoms with Gasteiger partial charge in [0, 0.05) is 6.54 Å². The molecule has 0 heterocycles. The zero-order valence-corrected chi connectivity index (χ0v) is 9.87. The second kappa shape index (κ2) is 6.07. The molecule has 1 amide bonds. The average molecular weight is 238 g/mol. The molecule has 1 aromatic rings. The van der Waals surface area contributed by atoms with Gasteiger partial charge in [-0.3, -0.25) is 0 Å². The van der Waals surface area contributed by atoms with E-state index in [1.807, 2.05) is 13.0 Å². The lowest BCUT2D eigenvalue weighted by atomic mass is 10.3. The van der Waals surface area contributed by atoms with Gasteiger partial charge in [-0.25, -0.2) is 4.79 Å². The molecule has 2 N–H and O–H groups in total. The van der Waals surface area contributed by atoms with Crippen LogP contribution in [-0.2, 0) is 0 Å². The molecule has 86 valence electrons. The third-order valence-corrected chi connectivity index (χ3v) is 2.06. The van der Waals surface area contributed by atoms with Gasteiger partial charge in [-0.1, -0.05) is 30.4 Å². The van der Waals surface area contributed by atoms with Gasteiger partial charge in [0.1, 0.15) is 5.75 Å². The summed E-state index contributed by atoms with van der Waals surface area (Å²) in [5, 5.41) is 0. The molecule has 0 saturated heterocycles. The minimum absolute atomic E-state index is 0.234. The largest absolute Gasteiger partial charge is 0.415 e. The number of hydrogen-bond donors (Lipinski definition) is 1. The number of para-hydroxylation sites is 1. The second-order valence-corrected chi connectivity index (χ2v) is 3.69. The molecule has 1 rings (SSSR count). The lowest BCUT2D eigenvalue weighted by Gasteiger charge is -2.19. The number of ether oxygens (including phenoxy) is 1. The van der Waals surface area contributed by atoms with E-state index in [1.165, 1.54) is 4.90 Å². The number of nitrogens with zero attached hydrogens (tertiary/aromatic N) is 1. The van der Waals surface area contributed by atoms with Crippen molar-refractivity contribution in [3.8, 4) is 5.75 Å². The fourth-order valence-electron chi connectivity index (χ4n) is 1.15. The normalized spacial score (nSPS) is 9.56. The van der Waals surface area contributed by atoms with Crippen LogP contribution in [0.4, 0.5) is 4.79 Å². The number of carbonyl (C=O) groups excluding carboxylic acids is 1. The van der Waals surface area contributed by atoms with Crippen LogP contribution in [0.1, 0.15) is 6.92 Å². The third-order valence-electron chi connectivity index (χ3n) is 1.93. The second-order valence-electron chi connectivity index (χ2n) is 3.16. The van der Waals surface area contributed by atoms with E-state index in [-0.39, 0.29) is 11.5 Å². The maximum Gasteiger partial charge on any atom is 0.415 e. The molecule has 0 spiro atoms. The lowest BCUT2D eigenvalue weighted by Crippen LogP contribution is -2.39. The van der Waals surface area contributed by atoms with E-state index >= 15 is 0 Å². The van der Waals surface area contributed by atoms with Gasteiger partial charge in [-0.15, -0.1) is 0 Å². The van der Waals surface area contributed by atoms with Crippen molar-refractivity contribution in [1.29, 1.82) is 0 Å². The summed E-state index contributed by atoms with van der Waals surface area (Å²) in [6, 6.07) is 8.88. The Morgan fingerprint density at radius 1 is 1.44 bits per heavy atom. The Hall–Kier alpha value is -1.62. The molecule has 0 aliphatic carbocycles. The Bertz CT molecular complexity index is 368. The topological polar surface area (TPSA) is 55.6 Å². The zero-order valence-electron chi connectivity index (χ0n) is 9.05. The van der Waals surface area contributed by atoms with Crippen LogP contribution >= 0.6 is 12.2 Å². The summed E-state index contributed by atoms with van der Waals surface area (Å²) in [5.74, 6) is 0.508. The van der Waals surface area contributed by atoms with Crippen molar-refractivity contribution in [3.05, 3.63) is 30.3 Å². The first-order valence-corrected chi connectivity index (χ1v) is 5.34. The first kappa shape index (κ1) is 12.4. The van der Waals surface area contributed by atoms with Gasteiger partial charge in [0.2, 0.25) is 0 Å². The molecule has 0 bridgehead atoms. The standard InChI is InChI=1S/C11H14N2O2S/c1-2-13(8-10(12)16)11(14)15-9-6-4-3-5-7-9/h3-7H,2,8H2,1H3,(H2,12,16). The molecular weight excluding hydrogens is 224 g/mol. The van der Waals surface area contributed by atoms with E-state index in [1.54, 1.807) is 24.3 Å². The highest BCUT2D eigenvalue weighted by atomic mass is 32.1. The van der Waals surface area contributed by atoms with Crippen LogP contribution in [-0.4, -0.2) is 29.1 Å². The van der Waals surface area contributed by atoms with Crippen LogP contribution < -0.4 is 10.5 Å². The van der Waals surface area contributed by atoms with Gasteiger partial charge in [-0.05, 0) is 19.1 Å². The summed E-state index contributed by atoms with van der Waals surface area (Å²) >= 11 is 4.75. The number of benzene rings is 1. The number of likely N-dealkylation sites (N-methyl/N-ethyl adjacent to an activating group) is 1. The van der Waals surface area contributed by atoms with Gasteiger partial charge >= 0.3 is 6.09 Å². The molecular formula is C11H14N2O2S. The highest BCUT2D eigenvalue weighted by molar-refractivity contribution is 7.80. The van der Waals surface area contributed by atoms with E-state index in [2.05, 4.69) is 0 Å². The number of thiocarbonyl (C=S) groups is 1. The van der Waals surface area contributed by atoms with E-state index in [0.29, 0.717) is 12.3 Å². The molecule has 1 aromatic carbocycles. The fraction of sp³-hybridized carbons (Fsp3) is 0.273. The Balaban J connectivity index is 2.59. The fourth-order valence-corrected chi connectivity index (χ4v) is 1.30. The van der Waals surface area contributed by atoms with Gasteiger partial charge < -0.3 is 15.4 Å². The minimum Gasteiger partial charge on any atom is -0.410 e. The number of amides is 1. The average Bonchev–Trinajstić information content (AvgIpc) is 2.26. The maximum absolute atomic E-state index is 11.7. The number of hydrogen-bond acceptors (Lipinski definition) is 3. The van der Waals surface area contributed by atoms with Gasteiger partial charge in [-0.2, -0.15) is 0 Å². The van der Waals surface area contributed by atoms with E-state index in [4.69, 9.17) is 22.7 Å². The Kier molecular flexibility index (Phi) is 4.72. The molecule has 0 atom stereocenters. The summed E-state index contributed by atoms with van der Waals surface area (Å²) in [5.41, 5.74) is 5.38. The number of carbonyl (C=O) groups is 1. The molecule has 0 radical (unpaired) electrons. The molecule has 0 fully saturated rings. The summed E-state index contributed by atoms with van der Waals surface area (Å²) < 4.78 is 5.14. The van der Waals surface area contributed by atoms with Crippen LogP contribution in [0.15, 0.2) is 30.3 Å². The predicted octanol–water partition coefficient (Wildman–Crippen LogP) is 1.79. The zero-order chi connectivity index (χ0) is 12.0. The minimum atomic E-state index is -0.443. The smallest absolute Gasteiger partial charge is 0.410 e. The predicted molar refractivity (Wildman–Crippen MR) is 66.5 cm³/mol. The van der Waals surface area contributed by atoms with Crippen LogP contribution in [0.5, 0.6) is 5.75 Å². The Labute approximate surface area is 100.0 Å². The monoisotopic (exact) mass is 238 g/mol. The summed E-state index contributed by atoms with van der Waals surface area (Å²) in [7, 11) is 0. The van der Waals surface area contributed by atoms with Crippen LogP contribution in [0.2, 0.25) is 0 Å². The van der Waals surface area contributed by atoms with Crippen LogP contribution in [0, 0.1) is 0 Å². The highest BCUT2D eigenvalue weighted by Crippen LogP contribution is 2.09. The van der Waals surface area contributed by atoms with E-state index < -0.39 is 6.09 Å². The first-order chi connectivity index (χ1) is 7.63. The molecule has 0 unspecified atom stereocenters. The van der Waals surface area contributed by atoms with Crippen molar-refractivity contribution in [2.24, 2.45) is 5.73 Å². The molecule has 0 aromatic heterocycles. The molecule has 16 heavy (non-hydrogen) atoms. The van der Waals surface area contributed by atoms with Gasteiger partial charge in [0.25, 0.3) is 0 Å². The molecule has 5 heteroatoms. The van der Waals surface area contributed by atoms with E-state index in [0.717, 1.165) is 0 Å². The highest BCUT2D eigenvalue weighted by Gasteiger charge is 2.14. The lowest BCUT2D eigenvalue weighted by molar-refractivity contribution is 0.161. The SMILES string of the molecule is CCN(CC(N)=S)C(=O)Oc1ccccc1. The number of rotatable bonds is 4. The van der Waals surface area contributed by atoms with Crippen molar-refractivity contribution >= 4 is 23.3 Å².